The Kier molecular flexibility index (Phi) is 5.53. The summed E-state index contributed by atoms with van der Waals surface area (Å²) in [6.07, 6.45) is 7.17. The maximum absolute atomic E-state index is 11.9. The molecule has 2 heterocycles. The first kappa shape index (κ1) is 18.3. The molecule has 136 valence electrons. The number of thiophene rings is 1. The highest BCUT2D eigenvalue weighted by atomic mass is 32.1. The molecule has 2 aromatic rings. The monoisotopic (exact) mass is 389 g/mol. The standard InChI is InChI=1S/C18H19N3O3S2/c1-10-4-6-12-13(9-10)26-17(15(12)16(19)23)21-18(25)20-14(22)7-5-11-3-2-8-24-11/h2-3,5,7-8,10H,4,6,9H2,1H3,(H2,19,23)(H2,20,21,22,25)/b7-5+/t10-/m0/s1. The van der Waals surface area contributed by atoms with Crippen LogP contribution < -0.4 is 16.4 Å². The van der Waals surface area contributed by atoms with E-state index in [0.717, 1.165) is 29.7 Å². The summed E-state index contributed by atoms with van der Waals surface area (Å²) in [4.78, 5) is 25.0. The molecule has 2 aromatic heterocycles. The smallest absolute Gasteiger partial charge is 0.251 e. The number of hydrogen-bond acceptors (Lipinski definition) is 5. The van der Waals surface area contributed by atoms with Crippen LogP contribution in [-0.4, -0.2) is 16.9 Å². The van der Waals surface area contributed by atoms with Crippen molar-refractivity contribution in [2.24, 2.45) is 11.7 Å². The number of nitrogens with two attached hydrogens (primary N) is 1. The van der Waals surface area contributed by atoms with Gasteiger partial charge >= 0.3 is 0 Å². The summed E-state index contributed by atoms with van der Waals surface area (Å²) in [5.41, 5.74) is 7.07. The number of carbonyl (C=O) groups is 2. The number of nitrogens with one attached hydrogen (secondary N) is 2. The lowest BCUT2D eigenvalue weighted by atomic mass is 9.88. The molecule has 0 unspecified atom stereocenters. The fraction of sp³-hybridized carbons (Fsp3) is 0.278. The van der Waals surface area contributed by atoms with Gasteiger partial charge in [0.1, 0.15) is 10.8 Å². The maximum Gasteiger partial charge on any atom is 0.251 e. The van der Waals surface area contributed by atoms with E-state index in [1.165, 1.54) is 29.8 Å². The molecule has 0 bridgehead atoms. The van der Waals surface area contributed by atoms with Crippen LogP contribution >= 0.6 is 23.6 Å². The predicted molar refractivity (Wildman–Crippen MR) is 106 cm³/mol. The number of rotatable bonds is 4. The fourth-order valence-electron chi connectivity index (χ4n) is 2.93. The summed E-state index contributed by atoms with van der Waals surface area (Å²) in [6, 6.07) is 3.46. The van der Waals surface area contributed by atoms with Crippen LogP contribution in [0.4, 0.5) is 5.00 Å². The van der Waals surface area contributed by atoms with E-state index in [0.29, 0.717) is 22.2 Å². The van der Waals surface area contributed by atoms with Gasteiger partial charge in [-0.05, 0) is 61.2 Å². The van der Waals surface area contributed by atoms with E-state index in [9.17, 15) is 9.59 Å². The molecule has 1 aliphatic carbocycles. The zero-order valence-electron chi connectivity index (χ0n) is 14.2. The van der Waals surface area contributed by atoms with Crippen LogP contribution in [0.1, 0.15) is 39.9 Å². The zero-order valence-corrected chi connectivity index (χ0v) is 15.8. The van der Waals surface area contributed by atoms with Crippen LogP contribution in [0.25, 0.3) is 6.08 Å². The van der Waals surface area contributed by atoms with Gasteiger partial charge in [0.05, 0.1) is 11.8 Å². The van der Waals surface area contributed by atoms with E-state index >= 15 is 0 Å². The van der Waals surface area contributed by atoms with E-state index in [2.05, 4.69) is 17.6 Å². The predicted octanol–water partition coefficient (Wildman–Crippen LogP) is 3.09. The molecule has 0 fully saturated rings. The van der Waals surface area contributed by atoms with E-state index in [4.69, 9.17) is 22.4 Å². The first-order valence-electron chi connectivity index (χ1n) is 8.22. The minimum Gasteiger partial charge on any atom is -0.465 e. The van der Waals surface area contributed by atoms with Crippen molar-refractivity contribution in [1.82, 2.24) is 5.32 Å². The van der Waals surface area contributed by atoms with E-state index in [-0.39, 0.29) is 5.11 Å². The third kappa shape index (κ3) is 4.20. The highest BCUT2D eigenvalue weighted by Crippen LogP contribution is 2.39. The van der Waals surface area contributed by atoms with Gasteiger partial charge in [-0.15, -0.1) is 11.3 Å². The van der Waals surface area contributed by atoms with Gasteiger partial charge < -0.3 is 15.5 Å². The normalized spacial score (nSPS) is 16.3. The Morgan fingerprint density at radius 2 is 2.27 bits per heavy atom. The van der Waals surface area contributed by atoms with Gasteiger partial charge in [0, 0.05) is 11.0 Å². The maximum atomic E-state index is 11.9. The molecule has 26 heavy (non-hydrogen) atoms. The molecule has 4 N–H and O–H groups in total. The molecule has 6 nitrogen and oxygen atoms in total. The lowest BCUT2D eigenvalue weighted by molar-refractivity contribution is -0.115. The van der Waals surface area contributed by atoms with Gasteiger partial charge in [-0.2, -0.15) is 0 Å². The molecule has 1 aliphatic rings. The summed E-state index contributed by atoms with van der Waals surface area (Å²) in [5, 5.41) is 6.21. The van der Waals surface area contributed by atoms with E-state index in [1.807, 2.05) is 0 Å². The highest BCUT2D eigenvalue weighted by molar-refractivity contribution is 7.80. The molecule has 0 aliphatic heterocycles. The zero-order chi connectivity index (χ0) is 18.7. The SMILES string of the molecule is C[C@H]1CCc2c(sc(NC(=S)NC(=O)/C=C/c3ccco3)c2C(N)=O)C1. The van der Waals surface area contributed by atoms with Gasteiger partial charge in [0.15, 0.2) is 5.11 Å². The molecule has 0 saturated heterocycles. The Hall–Kier alpha value is -2.45. The van der Waals surface area contributed by atoms with Gasteiger partial charge in [-0.1, -0.05) is 6.92 Å². The van der Waals surface area contributed by atoms with E-state index < -0.39 is 11.8 Å². The summed E-state index contributed by atoms with van der Waals surface area (Å²) in [5.74, 6) is 0.268. The van der Waals surface area contributed by atoms with Crippen LogP contribution in [0.3, 0.4) is 0 Å². The van der Waals surface area contributed by atoms with Crippen LogP contribution in [0, 0.1) is 5.92 Å². The number of hydrogen-bond donors (Lipinski definition) is 3. The molecule has 2 amide bonds. The molecule has 3 rings (SSSR count). The van der Waals surface area contributed by atoms with Crippen LogP contribution in [0.5, 0.6) is 0 Å². The average molecular weight is 390 g/mol. The van der Waals surface area contributed by atoms with Crippen molar-refractivity contribution < 1.29 is 14.0 Å². The molecule has 0 aromatic carbocycles. The van der Waals surface area contributed by atoms with Crippen molar-refractivity contribution in [3.63, 3.8) is 0 Å². The molecule has 0 saturated carbocycles. The van der Waals surface area contributed by atoms with Crippen LogP contribution in [0.2, 0.25) is 0 Å². The fourth-order valence-corrected chi connectivity index (χ4v) is 4.62. The van der Waals surface area contributed by atoms with Gasteiger partial charge in [0.2, 0.25) is 5.91 Å². The Morgan fingerprint density at radius 3 is 2.96 bits per heavy atom. The van der Waals surface area contributed by atoms with Crippen molar-refractivity contribution >= 4 is 51.6 Å². The lowest BCUT2D eigenvalue weighted by Crippen LogP contribution is -2.33. The number of carbonyl (C=O) groups excluding carboxylic acids is 2. The number of thiocarbonyl (C=S) groups is 1. The first-order valence-corrected chi connectivity index (χ1v) is 9.44. The number of amides is 2. The second kappa shape index (κ2) is 7.84. The lowest BCUT2D eigenvalue weighted by Gasteiger charge is -2.18. The van der Waals surface area contributed by atoms with Crippen LogP contribution in [-0.2, 0) is 17.6 Å². The third-order valence-corrected chi connectivity index (χ3v) is 5.54. The Morgan fingerprint density at radius 1 is 1.46 bits per heavy atom. The van der Waals surface area contributed by atoms with Gasteiger partial charge in [0.25, 0.3) is 5.91 Å². The van der Waals surface area contributed by atoms with Crippen molar-refractivity contribution in [1.29, 1.82) is 0 Å². The van der Waals surface area contributed by atoms with E-state index in [1.54, 1.807) is 12.1 Å². The van der Waals surface area contributed by atoms with Crippen LogP contribution in [0.15, 0.2) is 28.9 Å². The topological polar surface area (TPSA) is 97.4 Å². The van der Waals surface area contributed by atoms with Gasteiger partial charge in [-0.25, -0.2) is 0 Å². The Balaban J connectivity index is 1.69. The van der Waals surface area contributed by atoms with Crippen molar-refractivity contribution in [2.75, 3.05) is 5.32 Å². The molecule has 8 heteroatoms. The van der Waals surface area contributed by atoms with Crippen molar-refractivity contribution in [3.05, 3.63) is 46.2 Å². The first-order chi connectivity index (χ1) is 12.4. The number of fused-ring (bicyclic) bond motifs is 1. The van der Waals surface area contributed by atoms with Gasteiger partial charge in [-0.3, -0.25) is 14.9 Å². The second-order valence-electron chi connectivity index (χ2n) is 6.21. The number of primary amides is 1. The third-order valence-electron chi connectivity index (χ3n) is 4.16. The summed E-state index contributed by atoms with van der Waals surface area (Å²) >= 11 is 6.67. The quantitative estimate of drug-likeness (QED) is 0.551. The molecular weight excluding hydrogens is 370 g/mol. The number of anilines is 1. The largest absolute Gasteiger partial charge is 0.465 e. The highest BCUT2D eigenvalue weighted by Gasteiger charge is 2.26. The molecule has 0 radical (unpaired) electrons. The Labute approximate surface area is 160 Å². The minimum atomic E-state index is -0.480. The Bertz CT molecular complexity index is 869. The second-order valence-corrected chi connectivity index (χ2v) is 7.73. The van der Waals surface area contributed by atoms with Crippen molar-refractivity contribution in [3.8, 4) is 0 Å². The average Bonchev–Trinajstić information content (AvgIpc) is 3.19. The molecule has 0 spiro atoms. The molecule has 1 atom stereocenters. The molecular formula is C18H19N3O3S2. The number of furan rings is 1. The minimum absolute atomic E-state index is 0.119. The summed E-state index contributed by atoms with van der Waals surface area (Å²) < 4.78 is 5.12. The van der Waals surface area contributed by atoms with Crippen molar-refractivity contribution in [2.45, 2.75) is 26.2 Å². The summed E-state index contributed by atoms with van der Waals surface area (Å²) in [7, 11) is 0. The summed E-state index contributed by atoms with van der Waals surface area (Å²) in [6.45, 7) is 2.19.